The number of carbonyl (C=O) groups is 1. The summed E-state index contributed by atoms with van der Waals surface area (Å²) < 4.78 is 24.9. The number of hydrogen-bond acceptors (Lipinski definition) is 4. The highest BCUT2D eigenvalue weighted by molar-refractivity contribution is 7.88. The van der Waals surface area contributed by atoms with Gasteiger partial charge < -0.3 is 5.32 Å². The van der Waals surface area contributed by atoms with Gasteiger partial charge in [0.2, 0.25) is 15.9 Å². The van der Waals surface area contributed by atoms with Crippen molar-refractivity contribution in [1.82, 2.24) is 9.62 Å². The van der Waals surface area contributed by atoms with Gasteiger partial charge in [0.15, 0.2) is 0 Å². The van der Waals surface area contributed by atoms with E-state index in [1.807, 2.05) is 11.4 Å². The van der Waals surface area contributed by atoms with Gasteiger partial charge in [0.1, 0.15) is 0 Å². The fourth-order valence-electron chi connectivity index (χ4n) is 4.42. The van der Waals surface area contributed by atoms with Crippen molar-refractivity contribution < 1.29 is 13.2 Å². The number of sulfonamides is 1. The average molecular weight is 433 g/mol. The fraction of sp³-hybridized carbons (Fsp3) is 0.500. The van der Waals surface area contributed by atoms with Gasteiger partial charge in [-0.3, -0.25) is 4.79 Å². The molecule has 1 aromatic carbocycles. The number of nitrogens with one attached hydrogen (secondary N) is 1. The standard InChI is InChI=1S/C22H28N2O3S2/c1-29(26,27)24-12-10-17(11-13-24)22(25)23-21(20-7-4-14-28-20)19-9-8-16-5-2-3-6-18(16)15-19/h4,7-9,14-15,17,21H,2-3,5-6,10-13H2,1H3,(H,23,25)/t21-/m1/s1. The van der Waals surface area contributed by atoms with Crippen LogP contribution in [-0.2, 0) is 27.7 Å². The number of piperidine rings is 1. The van der Waals surface area contributed by atoms with Gasteiger partial charge in [0.25, 0.3) is 0 Å². The van der Waals surface area contributed by atoms with Crippen LogP contribution in [0.1, 0.15) is 53.3 Å². The lowest BCUT2D eigenvalue weighted by molar-refractivity contribution is -0.126. The van der Waals surface area contributed by atoms with E-state index in [9.17, 15) is 13.2 Å². The molecule has 0 bridgehead atoms. The van der Waals surface area contributed by atoms with E-state index >= 15 is 0 Å². The zero-order chi connectivity index (χ0) is 20.4. The molecule has 1 aromatic heterocycles. The number of thiophene rings is 1. The molecule has 0 saturated carbocycles. The van der Waals surface area contributed by atoms with Crippen molar-refractivity contribution in [1.29, 1.82) is 0 Å². The summed E-state index contributed by atoms with van der Waals surface area (Å²) in [4.78, 5) is 14.2. The molecule has 0 spiro atoms. The van der Waals surface area contributed by atoms with E-state index in [0.717, 1.165) is 23.3 Å². The third-order valence-corrected chi connectivity index (χ3v) is 8.35. The van der Waals surface area contributed by atoms with Gasteiger partial charge in [-0.25, -0.2) is 12.7 Å². The number of aryl methyl sites for hydroxylation is 2. The highest BCUT2D eigenvalue weighted by atomic mass is 32.2. The molecule has 1 amide bonds. The Kier molecular flexibility index (Phi) is 6.08. The van der Waals surface area contributed by atoms with Gasteiger partial charge in [-0.05, 0) is 66.7 Å². The van der Waals surface area contributed by atoms with Crippen molar-refractivity contribution in [2.24, 2.45) is 5.92 Å². The van der Waals surface area contributed by atoms with Crippen molar-refractivity contribution >= 4 is 27.3 Å². The first-order valence-electron chi connectivity index (χ1n) is 10.3. The molecule has 1 aliphatic heterocycles. The van der Waals surface area contributed by atoms with Crippen molar-refractivity contribution in [3.63, 3.8) is 0 Å². The van der Waals surface area contributed by atoms with E-state index in [1.54, 1.807) is 11.3 Å². The largest absolute Gasteiger partial charge is 0.344 e. The normalized spacial score (nSPS) is 19.5. The third-order valence-electron chi connectivity index (χ3n) is 6.11. The van der Waals surface area contributed by atoms with Crippen LogP contribution in [-0.4, -0.2) is 38.0 Å². The number of hydrogen-bond donors (Lipinski definition) is 1. The second kappa shape index (κ2) is 8.58. The van der Waals surface area contributed by atoms with Crippen LogP contribution >= 0.6 is 11.3 Å². The zero-order valence-electron chi connectivity index (χ0n) is 16.8. The van der Waals surface area contributed by atoms with Gasteiger partial charge >= 0.3 is 0 Å². The smallest absolute Gasteiger partial charge is 0.223 e. The Morgan fingerprint density at radius 3 is 2.52 bits per heavy atom. The molecule has 2 heterocycles. The summed E-state index contributed by atoms with van der Waals surface area (Å²) in [5, 5.41) is 5.31. The first-order chi connectivity index (χ1) is 13.9. The molecule has 1 atom stereocenters. The van der Waals surface area contributed by atoms with Crippen LogP contribution in [0.15, 0.2) is 35.7 Å². The molecule has 5 nitrogen and oxygen atoms in total. The van der Waals surface area contributed by atoms with E-state index in [4.69, 9.17) is 0 Å². The van der Waals surface area contributed by atoms with Crippen LogP contribution in [0.2, 0.25) is 0 Å². The lowest BCUT2D eigenvalue weighted by Gasteiger charge is -2.30. The van der Waals surface area contributed by atoms with E-state index in [0.29, 0.717) is 25.9 Å². The maximum Gasteiger partial charge on any atom is 0.223 e. The fourth-order valence-corrected chi connectivity index (χ4v) is 6.09. The van der Waals surface area contributed by atoms with Crippen LogP contribution in [0, 0.1) is 5.92 Å². The molecule has 1 fully saturated rings. The molecular weight excluding hydrogens is 404 g/mol. The van der Waals surface area contributed by atoms with Crippen LogP contribution < -0.4 is 5.32 Å². The highest BCUT2D eigenvalue weighted by Gasteiger charge is 2.30. The Morgan fingerprint density at radius 1 is 1.14 bits per heavy atom. The van der Waals surface area contributed by atoms with Crippen LogP contribution in [0.25, 0.3) is 0 Å². The van der Waals surface area contributed by atoms with Crippen molar-refractivity contribution in [3.05, 3.63) is 57.3 Å². The number of amides is 1. The zero-order valence-corrected chi connectivity index (χ0v) is 18.4. The molecule has 2 aliphatic rings. The summed E-state index contributed by atoms with van der Waals surface area (Å²) in [6.45, 7) is 0.832. The Morgan fingerprint density at radius 2 is 1.86 bits per heavy atom. The molecule has 29 heavy (non-hydrogen) atoms. The van der Waals surface area contributed by atoms with Gasteiger partial charge in [0, 0.05) is 23.9 Å². The second-order valence-electron chi connectivity index (χ2n) is 8.13. The minimum atomic E-state index is -3.18. The minimum absolute atomic E-state index is 0.0225. The monoisotopic (exact) mass is 432 g/mol. The summed E-state index contributed by atoms with van der Waals surface area (Å²) in [7, 11) is -3.18. The molecule has 1 N–H and O–H groups in total. The van der Waals surface area contributed by atoms with Gasteiger partial charge in [-0.15, -0.1) is 11.3 Å². The maximum atomic E-state index is 13.0. The van der Waals surface area contributed by atoms with Crippen LogP contribution in [0.3, 0.4) is 0 Å². The van der Waals surface area contributed by atoms with Gasteiger partial charge in [-0.1, -0.05) is 24.3 Å². The number of rotatable bonds is 5. The molecule has 4 rings (SSSR count). The number of benzene rings is 1. The van der Waals surface area contributed by atoms with E-state index in [1.165, 1.54) is 34.5 Å². The first kappa shape index (κ1) is 20.6. The maximum absolute atomic E-state index is 13.0. The van der Waals surface area contributed by atoms with Gasteiger partial charge in [0.05, 0.1) is 12.3 Å². The SMILES string of the molecule is CS(=O)(=O)N1CCC(C(=O)N[C@H](c2ccc3c(c2)CCCC3)c2cccs2)CC1. The summed E-state index contributed by atoms with van der Waals surface area (Å²) in [6, 6.07) is 10.6. The van der Waals surface area contributed by atoms with Crippen LogP contribution in [0.5, 0.6) is 0 Å². The predicted octanol–water partition coefficient (Wildman–Crippen LogP) is 3.50. The molecular formula is C22H28N2O3S2. The summed E-state index contributed by atoms with van der Waals surface area (Å²) in [5.41, 5.74) is 3.98. The number of fused-ring (bicyclic) bond motifs is 1. The summed E-state index contributed by atoms with van der Waals surface area (Å²) in [6.07, 6.45) is 7.11. The number of carbonyl (C=O) groups excluding carboxylic acids is 1. The third kappa shape index (κ3) is 4.73. The second-order valence-corrected chi connectivity index (χ2v) is 11.1. The lowest BCUT2D eigenvalue weighted by atomic mass is 9.88. The molecule has 0 unspecified atom stereocenters. The Bertz CT molecular complexity index is 962. The molecule has 2 aromatic rings. The number of nitrogens with zero attached hydrogens (tertiary/aromatic N) is 1. The minimum Gasteiger partial charge on any atom is -0.344 e. The quantitative estimate of drug-likeness (QED) is 0.786. The van der Waals surface area contributed by atoms with Crippen LogP contribution in [0.4, 0.5) is 0 Å². The lowest BCUT2D eigenvalue weighted by Crippen LogP contribution is -2.43. The molecule has 156 valence electrons. The average Bonchev–Trinajstić information content (AvgIpc) is 3.25. The first-order valence-corrected chi connectivity index (χ1v) is 13.1. The van der Waals surface area contributed by atoms with E-state index in [-0.39, 0.29) is 17.9 Å². The Balaban J connectivity index is 1.51. The Labute approximate surface area is 177 Å². The summed E-state index contributed by atoms with van der Waals surface area (Å²) in [5.74, 6) is -0.123. The van der Waals surface area contributed by atoms with E-state index in [2.05, 4.69) is 29.6 Å². The van der Waals surface area contributed by atoms with Gasteiger partial charge in [-0.2, -0.15) is 0 Å². The van der Waals surface area contributed by atoms with Crippen molar-refractivity contribution in [2.75, 3.05) is 19.3 Å². The Hall–Kier alpha value is -1.70. The topological polar surface area (TPSA) is 66.5 Å². The molecule has 1 aliphatic carbocycles. The summed E-state index contributed by atoms with van der Waals surface area (Å²) >= 11 is 1.65. The molecule has 1 saturated heterocycles. The van der Waals surface area contributed by atoms with Crippen molar-refractivity contribution in [2.45, 2.75) is 44.6 Å². The highest BCUT2D eigenvalue weighted by Crippen LogP contribution is 2.31. The molecule has 7 heteroatoms. The van der Waals surface area contributed by atoms with Crippen molar-refractivity contribution in [3.8, 4) is 0 Å². The molecule has 0 radical (unpaired) electrons. The predicted molar refractivity (Wildman–Crippen MR) is 117 cm³/mol. The van der Waals surface area contributed by atoms with E-state index < -0.39 is 10.0 Å².